The van der Waals surface area contributed by atoms with Crippen LogP contribution in [0.15, 0.2) is 6.07 Å². The minimum absolute atomic E-state index is 0.374. The van der Waals surface area contributed by atoms with Crippen LogP contribution in [-0.4, -0.2) is 16.1 Å². The molecule has 0 amide bonds. The summed E-state index contributed by atoms with van der Waals surface area (Å²) in [7, 11) is 0. The highest BCUT2D eigenvalue weighted by molar-refractivity contribution is 6.29. The van der Waals surface area contributed by atoms with Gasteiger partial charge < -0.3 is 5.11 Å². The van der Waals surface area contributed by atoms with Gasteiger partial charge in [-0.15, -0.1) is 0 Å². The van der Waals surface area contributed by atoms with E-state index in [1.54, 1.807) is 0 Å². The molecule has 1 aromatic rings. The molecule has 1 aromatic heterocycles. The molecule has 5 heteroatoms. The van der Waals surface area contributed by atoms with E-state index in [1.165, 1.54) is 6.92 Å². The highest BCUT2D eigenvalue weighted by Gasteiger charge is 2.14. The van der Waals surface area contributed by atoms with Gasteiger partial charge in [0, 0.05) is 5.69 Å². The van der Waals surface area contributed by atoms with E-state index in [1.807, 2.05) is 0 Å². The number of carboxylic acid groups (broad SMARTS) is 1. The molecule has 1 rings (SSSR count). The number of rotatable bonds is 1. The quantitative estimate of drug-likeness (QED) is 0.687. The number of hydrogen-bond donors (Lipinski definition) is 1. The Hall–Kier alpha value is -1.16. The van der Waals surface area contributed by atoms with Gasteiger partial charge in [-0.25, -0.2) is 14.2 Å². The number of aryl methyl sites for hydroxylation is 1. The number of halogens is 2. The second-order valence-electron chi connectivity index (χ2n) is 2.22. The highest BCUT2D eigenvalue weighted by Crippen LogP contribution is 2.16. The lowest BCUT2D eigenvalue weighted by Gasteiger charge is -1.99. The molecular formula is C7H5ClFNO2. The maximum atomic E-state index is 12.9. The molecule has 64 valence electrons. The Morgan fingerprint density at radius 3 is 2.83 bits per heavy atom. The predicted octanol–water partition coefficient (Wildman–Crippen LogP) is 1.88. The average Bonchev–Trinajstić information content (AvgIpc) is 1.96. The van der Waals surface area contributed by atoms with Crippen LogP contribution in [0.25, 0.3) is 0 Å². The summed E-state index contributed by atoms with van der Waals surface area (Å²) < 4.78 is 12.9. The lowest BCUT2D eigenvalue weighted by Crippen LogP contribution is -2.03. The Bertz CT molecular complexity index is 340. The normalized spacial score (nSPS) is 9.92. The summed E-state index contributed by atoms with van der Waals surface area (Å²) in [6, 6.07) is 1.13. The SMILES string of the molecule is Cc1cc(C(=O)O)c(F)c(Cl)n1. The molecule has 0 aliphatic heterocycles. The van der Waals surface area contributed by atoms with E-state index in [2.05, 4.69) is 4.98 Å². The van der Waals surface area contributed by atoms with Gasteiger partial charge in [-0.05, 0) is 13.0 Å². The summed E-state index contributed by atoms with van der Waals surface area (Å²) in [5.41, 5.74) is -0.0775. The van der Waals surface area contributed by atoms with Crippen molar-refractivity contribution in [2.45, 2.75) is 6.92 Å². The first-order valence-electron chi connectivity index (χ1n) is 3.08. The molecule has 0 bridgehead atoms. The predicted molar refractivity (Wildman–Crippen MR) is 40.9 cm³/mol. The molecule has 0 aromatic carbocycles. The molecule has 0 aliphatic carbocycles. The zero-order chi connectivity index (χ0) is 9.30. The lowest BCUT2D eigenvalue weighted by molar-refractivity contribution is 0.0691. The second kappa shape index (κ2) is 3.06. The molecule has 0 atom stereocenters. The summed E-state index contributed by atoms with van der Waals surface area (Å²) in [5.74, 6) is -2.34. The first-order chi connectivity index (χ1) is 5.52. The van der Waals surface area contributed by atoms with Crippen molar-refractivity contribution in [2.75, 3.05) is 0 Å². The van der Waals surface area contributed by atoms with Crippen LogP contribution < -0.4 is 0 Å². The summed E-state index contributed by atoms with van der Waals surface area (Å²) in [4.78, 5) is 13.9. The standard InChI is InChI=1S/C7H5ClFNO2/c1-3-2-4(7(11)12)5(9)6(8)10-3/h2H,1H3,(H,11,12). The zero-order valence-corrected chi connectivity index (χ0v) is 6.89. The molecule has 0 radical (unpaired) electrons. The van der Waals surface area contributed by atoms with Gasteiger partial charge in [0.05, 0.1) is 0 Å². The van der Waals surface area contributed by atoms with Gasteiger partial charge in [-0.2, -0.15) is 0 Å². The van der Waals surface area contributed by atoms with E-state index in [4.69, 9.17) is 16.7 Å². The van der Waals surface area contributed by atoms with Gasteiger partial charge in [0.15, 0.2) is 11.0 Å². The van der Waals surface area contributed by atoms with Crippen molar-refractivity contribution < 1.29 is 14.3 Å². The Labute approximate surface area is 72.8 Å². The number of carboxylic acids is 1. The smallest absolute Gasteiger partial charge is 0.338 e. The van der Waals surface area contributed by atoms with Crippen LogP contribution in [0.3, 0.4) is 0 Å². The molecule has 1 N–H and O–H groups in total. The summed E-state index contributed by atoms with van der Waals surface area (Å²) >= 11 is 5.31. The van der Waals surface area contributed by atoms with Crippen molar-refractivity contribution >= 4 is 17.6 Å². The Morgan fingerprint density at radius 1 is 1.75 bits per heavy atom. The van der Waals surface area contributed by atoms with Crippen molar-refractivity contribution in [1.82, 2.24) is 4.98 Å². The number of aromatic carboxylic acids is 1. The highest BCUT2D eigenvalue weighted by atomic mass is 35.5. The van der Waals surface area contributed by atoms with Crippen molar-refractivity contribution in [3.05, 3.63) is 28.3 Å². The van der Waals surface area contributed by atoms with Crippen LogP contribution in [0.2, 0.25) is 5.15 Å². The van der Waals surface area contributed by atoms with E-state index >= 15 is 0 Å². The monoisotopic (exact) mass is 189 g/mol. The molecule has 3 nitrogen and oxygen atoms in total. The van der Waals surface area contributed by atoms with Gasteiger partial charge in [0.25, 0.3) is 0 Å². The first-order valence-corrected chi connectivity index (χ1v) is 3.46. The van der Waals surface area contributed by atoms with Crippen LogP contribution in [0.4, 0.5) is 4.39 Å². The fraction of sp³-hybridized carbons (Fsp3) is 0.143. The van der Waals surface area contributed by atoms with E-state index < -0.39 is 22.5 Å². The third-order valence-corrected chi connectivity index (χ3v) is 1.53. The van der Waals surface area contributed by atoms with Crippen LogP contribution in [0.1, 0.15) is 16.1 Å². The van der Waals surface area contributed by atoms with E-state index in [-0.39, 0.29) is 0 Å². The van der Waals surface area contributed by atoms with Crippen molar-refractivity contribution in [2.24, 2.45) is 0 Å². The third-order valence-electron chi connectivity index (χ3n) is 1.28. The van der Waals surface area contributed by atoms with Crippen LogP contribution in [0, 0.1) is 12.7 Å². The van der Waals surface area contributed by atoms with Crippen LogP contribution in [0.5, 0.6) is 0 Å². The minimum atomic E-state index is -1.35. The Morgan fingerprint density at radius 2 is 2.33 bits per heavy atom. The molecule has 0 saturated carbocycles. The molecule has 0 aliphatic rings. The number of nitrogens with zero attached hydrogens (tertiary/aromatic N) is 1. The van der Waals surface area contributed by atoms with Gasteiger partial charge in [-0.3, -0.25) is 0 Å². The van der Waals surface area contributed by atoms with Gasteiger partial charge in [0.1, 0.15) is 5.56 Å². The van der Waals surface area contributed by atoms with E-state index in [9.17, 15) is 9.18 Å². The molecule has 0 saturated heterocycles. The maximum absolute atomic E-state index is 12.9. The summed E-state index contributed by atoms with van der Waals surface area (Å²) in [6.07, 6.45) is 0. The summed E-state index contributed by atoms with van der Waals surface area (Å²) in [6.45, 7) is 1.54. The van der Waals surface area contributed by atoms with Gasteiger partial charge in [0.2, 0.25) is 0 Å². The molecule has 0 fully saturated rings. The number of carbonyl (C=O) groups is 1. The maximum Gasteiger partial charge on any atom is 0.338 e. The van der Waals surface area contributed by atoms with E-state index in [0.29, 0.717) is 5.69 Å². The van der Waals surface area contributed by atoms with Crippen molar-refractivity contribution in [1.29, 1.82) is 0 Å². The molecule has 0 spiro atoms. The molecular weight excluding hydrogens is 185 g/mol. The molecule has 12 heavy (non-hydrogen) atoms. The van der Waals surface area contributed by atoms with Crippen molar-refractivity contribution in [3.8, 4) is 0 Å². The Balaban J connectivity index is 3.37. The zero-order valence-electron chi connectivity index (χ0n) is 6.14. The summed E-state index contributed by atoms with van der Waals surface area (Å²) in [5, 5.41) is 8.08. The Kier molecular flexibility index (Phi) is 2.28. The fourth-order valence-corrected chi connectivity index (χ4v) is 1.01. The number of pyridine rings is 1. The van der Waals surface area contributed by atoms with E-state index in [0.717, 1.165) is 6.07 Å². The van der Waals surface area contributed by atoms with Crippen LogP contribution in [-0.2, 0) is 0 Å². The first kappa shape index (κ1) is 8.93. The molecule has 0 unspecified atom stereocenters. The minimum Gasteiger partial charge on any atom is -0.478 e. The molecule has 1 heterocycles. The lowest BCUT2D eigenvalue weighted by atomic mass is 10.2. The van der Waals surface area contributed by atoms with Gasteiger partial charge >= 0.3 is 5.97 Å². The number of hydrogen-bond acceptors (Lipinski definition) is 2. The van der Waals surface area contributed by atoms with Crippen molar-refractivity contribution in [3.63, 3.8) is 0 Å². The fourth-order valence-electron chi connectivity index (χ4n) is 0.775. The third kappa shape index (κ3) is 1.53. The topological polar surface area (TPSA) is 50.2 Å². The van der Waals surface area contributed by atoms with Crippen LogP contribution >= 0.6 is 11.6 Å². The number of aromatic nitrogens is 1. The second-order valence-corrected chi connectivity index (χ2v) is 2.58. The average molecular weight is 190 g/mol. The largest absolute Gasteiger partial charge is 0.478 e. The van der Waals surface area contributed by atoms with Gasteiger partial charge in [-0.1, -0.05) is 11.6 Å².